The molecule has 0 radical (unpaired) electrons. The number of aromatic nitrogens is 1. The minimum absolute atomic E-state index is 0.236. The Labute approximate surface area is 196 Å². The van der Waals surface area contributed by atoms with Gasteiger partial charge in [-0.05, 0) is 58.9 Å². The fourth-order valence-corrected chi connectivity index (χ4v) is 4.43. The van der Waals surface area contributed by atoms with Crippen LogP contribution < -0.4 is 5.32 Å². The van der Waals surface area contributed by atoms with Crippen LogP contribution in [0.3, 0.4) is 0 Å². The van der Waals surface area contributed by atoms with Gasteiger partial charge in [-0.3, -0.25) is 10.1 Å². The van der Waals surface area contributed by atoms with Crippen molar-refractivity contribution >= 4 is 40.1 Å². The van der Waals surface area contributed by atoms with Gasteiger partial charge in [0.2, 0.25) is 0 Å². The molecule has 0 fully saturated rings. The van der Waals surface area contributed by atoms with Gasteiger partial charge < -0.3 is 9.47 Å². The Morgan fingerprint density at radius 1 is 1.03 bits per heavy atom. The molecule has 1 heterocycles. The highest BCUT2D eigenvalue weighted by Crippen LogP contribution is 2.36. The highest BCUT2D eigenvalue weighted by atomic mass is 32.1. The predicted octanol–water partition coefficient (Wildman–Crippen LogP) is 6.30. The molecule has 7 heteroatoms. The van der Waals surface area contributed by atoms with Gasteiger partial charge in [-0.1, -0.05) is 60.7 Å². The molecule has 3 aromatic carbocycles. The fraction of sp³-hybridized carbons (Fsp3) is 0.192. The molecule has 1 aromatic heterocycles. The molecular weight excluding hydrogens is 436 g/mol. The smallest absolute Gasteiger partial charge is 0.412 e. The fourth-order valence-electron chi connectivity index (χ4n) is 3.58. The first-order chi connectivity index (χ1) is 15.9. The van der Waals surface area contributed by atoms with Crippen molar-refractivity contribution < 1.29 is 19.1 Å². The topological polar surface area (TPSA) is 77.5 Å². The molecule has 0 saturated carbocycles. The van der Waals surface area contributed by atoms with Crippen LogP contribution >= 0.6 is 11.5 Å². The predicted molar refractivity (Wildman–Crippen MR) is 130 cm³/mol. The van der Waals surface area contributed by atoms with Crippen molar-refractivity contribution in [3.8, 4) is 10.4 Å². The summed E-state index contributed by atoms with van der Waals surface area (Å²) in [6, 6.07) is 21.5. The summed E-state index contributed by atoms with van der Waals surface area (Å²) in [4.78, 5) is 25.0. The van der Waals surface area contributed by atoms with E-state index >= 15 is 0 Å². The third kappa shape index (κ3) is 5.21. The number of esters is 1. The molecule has 0 saturated heterocycles. The van der Waals surface area contributed by atoms with Crippen LogP contribution in [0.15, 0.2) is 66.7 Å². The first kappa shape index (κ1) is 22.5. The van der Waals surface area contributed by atoms with Gasteiger partial charge in [0, 0.05) is 0 Å². The molecule has 0 aliphatic rings. The van der Waals surface area contributed by atoms with E-state index in [-0.39, 0.29) is 18.5 Å². The van der Waals surface area contributed by atoms with Crippen molar-refractivity contribution in [2.24, 2.45) is 0 Å². The number of nitrogens with zero attached hydrogens (tertiary/aromatic N) is 1. The van der Waals surface area contributed by atoms with Gasteiger partial charge in [0.15, 0.2) is 0 Å². The molecule has 1 amide bonds. The highest BCUT2D eigenvalue weighted by molar-refractivity contribution is 7.10. The van der Waals surface area contributed by atoms with Gasteiger partial charge >= 0.3 is 12.1 Å². The number of aryl methyl sites for hydroxylation is 1. The lowest BCUT2D eigenvalue weighted by atomic mass is 10.0. The number of carbonyl (C=O) groups is 2. The normalized spacial score (nSPS) is 11.7. The average molecular weight is 461 g/mol. The van der Waals surface area contributed by atoms with Gasteiger partial charge in [-0.2, -0.15) is 4.37 Å². The number of rotatable bonds is 6. The first-order valence-electron chi connectivity index (χ1n) is 10.5. The second-order valence-electron chi connectivity index (χ2n) is 7.70. The largest absolute Gasteiger partial charge is 0.469 e. The van der Waals surface area contributed by atoms with E-state index in [1.165, 1.54) is 18.6 Å². The zero-order valence-electron chi connectivity index (χ0n) is 18.6. The van der Waals surface area contributed by atoms with E-state index in [1.54, 1.807) is 0 Å². The van der Waals surface area contributed by atoms with E-state index in [4.69, 9.17) is 9.47 Å². The molecule has 6 nitrogen and oxygen atoms in total. The second kappa shape index (κ2) is 9.83. The van der Waals surface area contributed by atoms with Crippen LogP contribution in [0.4, 0.5) is 10.5 Å². The molecule has 4 aromatic rings. The minimum Gasteiger partial charge on any atom is -0.469 e. The number of carbonyl (C=O) groups excluding carboxylic acids is 2. The van der Waals surface area contributed by atoms with E-state index < -0.39 is 6.09 Å². The number of nitrogens with one attached hydrogen (secondary N) is 1. The molecule has 0 spiro atoms. The number of anilines is 1. The standard InChI is InChI=1S/C26H24N2O4S/c1-16-24(27-26(30)32-17(2)19-7-5-4-6-8-19)25(33-28-16)22-12-11-20-13-18(14-23(29)31-3)9-10-21(20)15-22/h4-13,15,17H,14H2,1-3H3,(H,27,30)/t17-/m1/s1. The van der Waals surface area contributed by atoms with Crippen LogP contribution in [0.5, 0.6) is 0 Å². The van der Waals surface area contributed by atoms with Crippen molar-refractivity contribution in [2.45, 2.75) is 26.4 Å². The quantitative estimate of drug-likeness (QED) is 0.342. The van der Waals surface area contributed by atoms with Crippen LogP contribution in [-0.2, 0) is 20.7 Å². The Balaban J connectivity index is 1.54. The molecule has 1 atom stereocenters. The molecule has 0 aliphatic heterocycles. The van der Waals surface area contributed by atoms with Crippen LogP contribution in [-0.4, -0.2) is 23.5 Å². The second-order valence-corrected chi connectivity index (χ2v) is 8.48. The summed E-state index contributed by atoms with van der Waals surface area (Å²) in [6.45, 7) is 3.70. The molecule has 0 aliphatic carbocycles. The summed E-state index contributed by atoms with van der Waals surface area (Å²) in [5.74, 6) is -0.268. The zero-order valence-corrected chi connectivity index (χ0v) is 19.4. The molecule has 0 unspecified atom stereocenters. The molecule has 1 N–H and O–H groups in total. The average Bonchev–Trinajstić information content (AvgIpc) is 3.18. The molecule has 0 bridgehead atoms. The van der Waals surface area contributed by atoms with E-state index in [1.807, 2.05) is 80.6 Å². The van der Waals surface area contributed by atoms with Crippen molar-refractivity contribution in [1.29, 1.82) is 0 Å². The van der Waals surface area contributed by atoms with Crippen molar-refractivity contribution in [3.05, 3.63) is 83.6 Å². The van der Waals surface area contributed by atoms with Crippen LogP contribution in [0.25, 0.3) is 21.2 Å². The van der Waals surface area contributed by atoms with E-state index in [9.17, 15) is 9.59 Å². The number of ether oxygens (including phenoxy) is 2. The maximum atomic E-state index is 12.6. The number of hydrogen-bond donors (Lipinski definition) is 1. The summed E-state index contributed by atoms with van der Waals surface area (Å²) in [5, 5.41) is 4.93. The number of benzene rings is 3. The lowest BCUT2D eigenvalue weighted by Gasteiger charge is -2.15. The zero-order chi connectivity index (χ0) is 23.4. The van der Waals surface area contributed by atoms with Crippen molar-refractivity contribution in [3.63, 3.8) is 0 Å². The number of fused-ring (bicyclic) bond motifs is 1. The molecule has 33 heavy (non-hydrogen) atoms. The van der Waals surface area contributed by atoms with Crippen LogP contribution in [0.2, 0.25) is 0 Å². The Morgan fingerprint density at radius 3 is 2.52 bits per heavy atom. The molecule has 168 valence electrons. The van der Waals surface area contributed by atoms with E-state index in [2.05, 4.69) is 9.69 Å². The SMILES string of the molecule is COC(=O)Cc1ccc2cc(-c3snc(C)c3NC(=O)O[C@H](C)c3ccccc3)ccc2c1. The van der Waals surface area contributed by atoms with Gasteiger partial charge in [0.05, 0.1) is 29.8 Å². The summed E-state index contributed by atoms with van der Waals surface area (Å²) in [6.07, 6.45) is -0.662. The molecular formula is C26H24N2O4S. The monoisotopic (exact) mass is 460 g/mol. The van der Waals surface area contributed by atoms with Gasteiger partial charge in [0.25, 0.3) is 0 Å². The summed E-state index contributed by atoms with van der Waals surface area (Å²) < 4.78 is 14.8. The summed E-state index contributed by atoms with van der Waals surface area (Å²) in [5.41, 5.74) is 4.14. The maximum absolute atomic E-state index is 12.6. The number of hydrogen-bond acceptors (Lipinski definition) is 6. The van der Waals surface area contributed by atoms with E-state index in [0.29, 0.717) is 5.69 Å². The van der Waals surface area contributed by atoms with Crippen LogP contribution in [0, 0.1) is 6.92 Å². The minimum atomic E-state index is -0.524. The van der Waals surface area contributed by atoms with Crippen molar-refractivity contribution in [1.82, 2.24) is 4.37 Å². The number of amides is 1. The Hall–Kier alpha value is -3.71. The highest BCUT2D eigenvalue weighted by Gasteiger charge is 2.18. The van der Waals surface area contributed by atoms with Gasteiger partial charge in [-0.25, -0.2) is 4.79 Å². The summed E-state index contributed by atoms with van der Waals surface area (Å²) in [7, 11) is 1.39. The van der Waals surface area contributed by atoms with Crippen LogP contribution in [0.1, 0.15) is 29.8 Å². The third-order valence-electron chi connectivity index (χ3n) is 5.39. The Morgan fingerprint density at radius 2 is 1.76 bits per heavy atom. The van der Waals surface area contributed by atoms with Crippen molar-refractivity contribution in [2.75, 3.05) is 12.4 Å². The maximum Gasteiger partial charge on any atom is 0.412 e. The lowest BCUT2D eigenvalue weighted by Crippen LogP contribution is -2.16. The Bertz CT molecular complexity index is 1300. The Kier molecular flexibility index (Phi) is 6.70. The van der Waals surface area contributed by atoms with Gasteiger partial charge in [-0.15, -0.1) is 0 Å². The number of methoxy groups -OCH3 is 1. The first-order valence-corrected chi connectivity index (χ1v) is 11.3. The molecule has 4 rings (SSSR count). The summed E-state index contributed by atoms with van der Waals surface area (Å²) >= 11 is 1.33. The third-order valence-corrected chi connectivity index (χ3v) is 6.37. The lowest BCUT2D eigenvalue weighted by molar-refractivity contribution is -0.139. The van der Waals surface area contributed by atoms with E-state index in [0.717, 1.165) is 38.0 Å². The van der Waals surface area contributed by atoms with Gasteiger partial charge in [0.1, 0.15) is 6.10 Å².